The van der Waals surface area contributed by atoms with Crippen LogP contribution < -0.4 is 0 Å². The number of thiol groups is 1. The highest BCUT2D eigenvalue weighted by Gasteiger charge is 2.26. The summed E-state index contributed by atoms with van der Waals surface area (Å²) in [6.07, 6.45) is 0.671. The molecule has 0 aromatic heterocycles. The van der Waals surface area contributed by atoms with Gasteiger partial charge in [-0.2, -0.15) is 0 Å². The van der Waals surface area contributed by atoms with Crippen LogP contribution in [0.25, 0.3) is 0 Å². The molecule has 4 nitrogen and oxygen atoms in total. The molecule has 2 rings (SSSR count). The summed E-state index contributed by atoms with van der Waals surface area (Å²) in [6.45, 7) is 0. The van der Waals surface area contributed by atoms with Gasteiger partial charge in [0.2, 0.25) is 0 Å². The lowest BCUT2D eigenvalue weighted by Crippen LogP contribution is -1.96. The zero-order valence-corrected chi connectivity index (χ0v) is 10.8. The van der Waals surface area contributed by atoms with Gasteiger partial charge in [0.25, 0.3) is 10.9 Å². The number of allylic oxidation sites excluding steroid dienone is 2. The smallest absolute Gasteiger partial charge is 0.276 e. The standard InChI is InChI=1S/C11H6ClF2NO3S/c12-11(16)6-1-2-8(15(17)18)9(3-6)19-5-7(13)4-10(19)14/h1-5,19H. The minimum atomic E-state index is -1.93. The summed E-state index contributed by atoms with van der Waals surface area (Å²) in [6, 6.07) is 3.36. The maximum absolute atomic E-state index is 13.6. The number of hydrogen-bond donors (Lipinski definition) is 1. The van der Waals surface area contributed by atoms with Crippen molar-refractivity contribution in [1.82, 2.24) is 0 Å². The van der Waals surface area contributed by atoms with Crippen molar-refractivity contribution in [3.8, 4) is 0 Å². The van der Waals surface area contributed by atoms with Crippen molar-refractivity contribution >= 4 is 33.4 Å². The maximum Gasteiger partial charge on any atom is 0.281 e. The van der Waals surface area contributed by atoms with Crippen LogP contribution in [-0.4, -0.2) is 10.2 Å². The molecule has 1 aromatic rings. The summed E-state index contributed by atoms with van der Waals surface area (Å²) in [5.74, 6) is -0.791. The van der Waals surface area contributed by atoms with Crippen molar-refractivity contribution in [2.24, 2.45) is 0 Å². The molecule has 0 saturated heterocycles. The van der Waals surface area contributed by atoms with Crippen LogP contribution >= 0.6 is 22.5 Å². The number of nitrogens with zero attached hydrogens (tertiary/aromatic N) is 1. The van der Waals surface area contributed by atoms with Gasteiger partial charge in [0, 0.05) is 17.7 Å². The number of halogens is 3. The van der Waals surface area contributed by atoms with E-state index >= 15 is 0 Å². The molecular formula is C11H6ClF2NO3S. The number of carbonyl (C=O) groups excluding carboxylic acids is 1. The molecule has 1 aliphatic heterocycles. The van der Waals surface area contributed by atoms with Gasteiger partial charge in [0.15, 0.2) is 0 Å². The van der Waals surface area contributed by atoms with Crippen molar-refractivity contribution in [2.75, 3.05) is 0 Å². The molecule has 0 fully saturated rings. The first-order chi connectivity index (χ1) is 8.90. The van der Waals surface area contributed by atoms with E-state index in [0.717, 1.165) is 17.5 Å². The monoisotopic (exact) mass is 305 g/mol. The van der Waals surface area contributed by atoms with E-state index in [2.05, 4.69) is 0 Å². The predicted molar refractivity (Wildman–Crippen MR) is 68.9 cm³/mol. The molecular weight excluding hydrogens is 300 g/mol. The highest BCUT2D eigenvalue weighted by molar-refractivity contribution is 8.23. The summed E-state index contributed by atoms with van der Waals surface area (Å²) in [7, 11) is -1.93. The van der Waals surface area contributed by atoms with E-state index in [0.29, 0.717) is 6.08 Å². The number of rotatable bonds is 3. The lowest BCUT2D eigenvalue weighted by Gasteiger charge is -2.13. The maximum atomic E-state index is 13.6. The summed E-state index contributed by atoms with van der Waals surface area (Å²) >= 11 is 5.28. The number of benzene rings is 1. The first kappa shape index (κ1) is 13.7. The molecule has 0 bridgehead atoms. The summed E-state index contributed by atoms with van der Waals surface area (Å²) in [5, 5.41) is 10.2. The van der Waals surface area contributed by atoms with E-state index < -0.39 is 32.0 Å². The normalized spacial score (nSPS) is 19.8. The van der Waals surface area contributed by atoms with Crippen molar-refractivity contribution in [3.05, 3.63) is 56.3 Å². The van der Waals surface area contributed by atoms with Crippen LogP contribution in [0.5, 0.6) is 0 Å². The van der Waals surface area contributed by atoms with Crippen LogP contribution in [0.1, 0.15) is 10.4 Å². The molecule has 1 heterocycles. The van der Waals surface area contributed by atoms with Gasteiger partial charge >= 0.3 is 0 Å². The van der Waals surface area contributed by atoms with Crippen molar-refractivity contribution in [2.45, 2.75) is 4.90 Å². The zero-order valence-electron chi connectivity index (χ0n) is 9.14. The second kappa shape index (κ2) is 5.10. The fourth-order valence-electron chi connectivity index (χ4n) is 1.58. The SMILES string of the molecule is O=C(Cl)c1ccc([N+](=O)[O-])c([SH]2C=C(F)C=C2F)c1. The molecule has 0 saturated carbocycles. The van der Waals surface area contributed by atoms with Gasteiger partial charge in [-0.3, -0.25) is 14.9 Å². The number of nitro benzene ring substituents is 1. The quantitative estimate of drug-likeness (QED) is 0.398. The molecule has 0 spiro atoms. The third-order valence-electron chi connectivity index (χ3n) is 2.40. The molecule has 0 N–H and O–H groups in total. The Morgan fingerprint density at radius 3 is 2.53 bits per heavy atom. The average molecular weight is 306 g/mol. The molecule has 100 valence electrons. The van der Waals surface area contributed by atoms with Crippen molar-refractivity contribution in [3.63, 3.8) is 0 Å². The molecule has 0 aliphatic carbocycles. The van der Waals surface area contributed by atoms with Crippen LogP contribution in [0, 0.1) is 10.1 Å². The summed E-state index contributed by atoms with van der Waals surface area (Å²) < 4.78 is 26.6. The van der Waals surface area contributed by atoms with E-state index in [1.54, 1.807) is 0 Å². The highest BCUT2D eigenvalue weighted by Crippen LogP contribution is 2.54. The molecule has 19 heavy (non-hydrogen) atoms. The van der Waals surface area contributed by atoms with E-state index in [4.69, 9.17) is 11.6 Å². The Hall–Kier alpha value is -1.73. The molecule has 8 heteroatoms. The molecule has 1 aliphatic rings. The van der Waals surface area contributed by atoms with Gasteiger partial charge in [-0.15, -0.1) is 10.9 Å². The fourth-order valence-corrected chi connectivity index (χ4v) is 3.46. The van der Waals surface area contributed by atoms with Crippen LogP contribution in [0.15, 0.2) is 45.6 Å². The third-order valence-corrected chi connectivity index (χ3v) is 4.59. The second-order valence-electron chi connectivity index (χ2n) is 3.59. The minimum absolute atomic E-state index is 0.00160. The van der Waals surface area contributed by atoms with Gasteiger partial charge < -0.3 is 0 Å². The van der Waals surface area contributed by atoms with Gasteiger partial charge in [-0.05, 0) is 29.1 Å². The topological polar surface area (TPSA) is 60.2 Å². The Kier molecular flexibility index (Phi) is 3.68. The first-order valence-electron chi connectivity index (χ1n) is 4.92. The van der Waals surface area contributed by atoms with Crippen molar-refractivity contribution in [1.29, 1.82) is 0 Å². The van der Waals surface area contributed by atoms with Gasteiger partial charge in [0.05, 0.1) is 9.82 Å². The average Bonchev–Trinajstić information content (AvgIpc) is 2.67. The molecule has 1 unspecified atom stereocenters. The van der Waals surface area contributed by atoms with E-state index in [1.807, 2.05) is 0 Å². The third kappa shape index (κ3) is 2.66. The largest absolute Gasteiger partial charge is 0.281 e. The highest BCUT2D eigenvalue weighted by atomic mass is 35.5. The van der Waals surface area contributed by atoms with Crippen LogP contribution in [0.3, 0.4) is 0 Å². The summed E-state index contributed by atoms with van der Waals surface area (Å²) in [5.41, 5.74) is -0.374. The van der Waals surface area contributed by atoms with Gasteiger partial charge in [0.1, 0.15) is 11.0 Å². The number of nitro groups is 1. The Morgan fingerprint density at radius 1 is 1.37 bits per heavy atom. The fraction of sp³-hybridized carbons (Fsp3) is 0. The van der Waals surface area contributed by atoms with E-state index in [9.17, 15) is 23.7 Å². The van der Waals surface area contributed by atoms with E-state index in [1.165, 1.54) is 6.07 Å². The Labute approximate surface area is 113 Å². The van der Waals surface area contributed by atoms with Gasteiger partial charge in [-0.25, -0.2) is 8.78 Å². The number of hydrogen-bond acceptors (Lipinski definition) is 3. The lowest BCUT2D eigenvalue weighted by atomic mass is 10.2. The van der Waals surface area contributed by atoms with Crippen LogP contribution in [-0.2, 0) is 0 Å². The van der Waals surface area contributed by atoms with Gasteiger partial charge in [-0.1, -0.05) is 0 Å². The minimum Gasteiger partial charge on any atom is -0.276 e. The zero-order chi connectivity index (χ0) is 14.2. The second-order valence-corrected chi connectivity index (χ2v) is 5.84. The molecule has 1 atom stereocenters. The van der Waals surface area contributed by atoms with E-state index in [-0.39, 0.29) is 16.1 Å². The summed E-state index contributed by atoms with van der Waals surface area (Å²) in [4.78, 5) is 21.2. The Bertz CT molecular complexity index is 645. The first-order valence-corrected chi connectivity index (χ1v) is 6.71. The van der Waals surface area contributed by atoms with Crippen molar-refractivity contribution < 1.29 is 18.5 Å². The lowest BCUT2D eigenvalue weighted by molar-refractivity contribution is -0.387. The predicted octanol–water partition coefficient (Wildman–Crippen LogP) is 3.97. The van der Waals surface area contributed by atoms with Crippen LogP contribution in [0.2, 0.25) is 0 Å². The molecule has 0 radical (unpaired) electrons. The molecule has 1 aromatic carbocycles. The Morgan fingerprint density at radius 2 is 2.05 bits per heavy atom. The van der Waals surface area contributed by atoms with Crippen LogP contribution in [0.4, 0.5) is 14.5 Å². The number of carbonyl (C=O) groups is 1. The Balaban J connectivity index is 2.59. The molecule has 0 amide bonds.